The van der Waals surface area contributed by atoms with Gasteiger partial charge in [0.15, 0.2) is 16.8 Å². The third kappa shape index (κ3) is 6.79. The third-order valence-corrected chi connectivity index (χ3v) is 6.13. The Morgan fingerprint density at radius 3 is 2.62 bits per heavy atom. The van der Waals surface area contributed by atoms with Crippen LogP contribution in [0.15, 0.2) is 54.9 Å². The van der Waals surface area contributed by atoms with Crippen LogP contribution in [-0.4, -0.2) is 47.3 Å². The van der Waals surface area contributed by atoms with Crippen LogP contribution in [0, 0.1) is 5.82 Å². The van der Waals surface area contributed by atoms with E-state index in [2.05, 4.69) is 20.6 Å². The van der Waals surface area contributed by atoms with Crippen LogP contribution in [0.5, 0.6) is 0 Å². The molecule has 7 nitrogen and oxygen atoms in total. The number of nitrogens with zero attached hydrogens (tertiary/aromatic N) is 3. The number of hydrogen-bond donors (Lipinski definition) is 2. The van der Waals surface area contributed by atoms with Crippen molar-refractivity contribution in [3.8, 4) is 11.1 Å². The Bertz CT molecular complexity index is 1190. The van der Waals surface area contributed by atoms with E-state index in [1.54, 1.807) is 12.3 Å². The first-order valence-corrected chi connectivity index (χ1v) is 11.7. The van der Waals surface area contributed by atoms with Gasteiger partial charge < -0.3 is 15.5 Å². The van der Waals surface area contributed by atoms with E-state index in [1.807, 2.05) is 57.1 Å². The van der Waals surface area contributed by atoms with Gasteiger partial charge in [0.2, 0.25) is 11.8 Å². The third-order valence-electron chi connectivity index (χ3n) is 5.07. The molecule has 0 aliphatic carbocycles. The summed E-state index contributed by atoms with van der Waals surface area (Å²) in [5, 5.41) is 5.88. The van der Waals surface area contributed by atoms with Crippen LogP contribution in [0.25, 0.3) is 11.1 Å². The van der Waals surface area contributed by atoms with Gasteiger partial charge in [-0.1, -0.05) is 37.3 Å². The Kier molecular flexibility index (Phi) is 8.61. The van der Waals surface area contributed by atoms with Crippen LogP contribution in [0.1, 0.15) is 30.2 Å². The van der Waals surface area contributed by atoms with Gasteiger partial charge in [0.1, 0.15) is 0 Å². The number of rotatable bonds is 9. The topological polar surface area (TPSA) is 87.2 Å². The van der Waals surface area contributed by atoms with Gasteiger partial charge in [0.25, 0.3) is 0 Å². The van der Waals surface area contributed by atoms with Crippen molar-refractivity contribution in [1.29, 1.82) is 0 Å². The number of anilines is 2. The normalized spacial score (nSPS) is 12.2. The van der Waals surface area contributed by atoms with Crippen molar-refractivity contribution in [1.82, 2.24) is 14.9 Å². The van der Waals surface area contributed by atoms with Crippen LogP contribution in [0.3, 0.4) is 0 Å². The number of aromatic nitrogens is 2. The van der Waals surface area contributed by atoms with Gasteiger partial charge in [-0.3, -0.25) is 9.59 Å². The first kappa shape index (κ1) is 25.2. The lowest BCUT2D eigenvalue weighted by Gasteiger charge is -2.13. The summed E-state index contributed by atoms with van der Waals surface area (Å²) in [6.07, 6.45) is 7.15. The highest BCUT2D eigenvalue weighted by molar-refractivity contribution is 7.15. The van der Waals surface area contributed by atoms with E-state index >= 15 is 0 Å². The monoisotopic (exact) mass is 481 g/mol. The van der Waals surface area contributed by atoms with Gasteiger partial charge in [0, 0.05) is 35.5 Å². The molecule has 2 N–H and O–H groups in total. The van der Waals surface area contributed by atoms with E-state index in [0.717, 1.165) is 22.4 Å². The molecule has 1 atom stereocenters. The van der Waals surface area contributed by atoms with E-state index in [0.29, 0.717) is 17.2 Å². The Hall–Kier alpha value is -3.43. The summed E-state index contributed by atoms with van der Waals surface area (Å²) in [4.78, 5) is 36.0. The molecule has 1 aromatic carbocycles. The van der Waals surface area contributed by atoms with Gasteiger partial charge in [-0.25, -0.2) is 14.4 Å². The molecule has 0 aliphatic rings. The molecule has 2 heterocycles. The van der Waals surface area contributed by atoms with Crippen molar-refractivity contribution >= 4 is 34.1 Å². The summed E-state index contributed by atoms with van der Waals surface area (Å²) >= 11 is 1.46. The molecule has 9 heteroatoms. The lowest BCUT2D eigenvalue weighted by atomic mass is 9.96. The molecule has 178 valence electrons. The average Bonchev–Trinajstić information content (AvgIpc) is 3.27. The average molecular weight is 482 g/mol. The molecule has 3 rings (SSSR count). The number of carbonyl (C=O) groups is 2. The molecule has 2 amide bonds. The van der Waals surface area contributed by atoms with Crippen molar-refractivity contribution < 1.29 is 14.0 Å². The van der Waals surface area contributed by atoms with Crippen LogP contribution in [-0.2, 0) is 16.0 Å². The van der Waals surface area contributed by atoms with Crippen LogP contribution in [0.2, 0.25) is 0 Å². The predicted octanol–water partition coefficient (Wildman–Crippen LogP) is 4.71. The van der Waals surface area contributed by atoms with Crippen LogP contribution in [0.4, 0.5) is 15.3 Å². The minimum absolute atomic E-state index is 0.137. The molecule has 0 radical (unpaired) electrons. The summed E-state index contributed by atoms with van der Waals surface area (Å²) < 4.78 is 14.6. The van der Waals surface area contributed by atoms with Gasteiger partial charge in [-0.05, 0) is 44.6 Å². The number of amides is 2. The van der Waals surface area contributed by atoms with Crippen LogP contribution < -0.4 is 10.6 Å². The van der Waals surface area contributed by atoms with Crippen molar-refractivity contribution in [2.75, 3.05) is 31.3 Å². The number of halogens is 1. The van der Waals surface area contributed by atoms with Crippen molar-refractivity contribution in [3.05, 3.63) is 71.1 Å². The predicted molar refractivity (Wildman–Crippen MR) is 134 cm³/mol. The fraction of sp³-hybridized carbons (Fsp3) is 0.280. The Morgan fingerprint density at radius 2 is 1.94 bits per heavy atom. The van der Waals surface area contributed by atoms with E-state index in [9.17, 15) is 14.0 Å². The number of nitrogens with one attached hydrogen (secondary N) is 2. The highest BCUT2D eigenvalue weighted by Gasteiger charge is 2.18. The van der Waals surface area contributed by atoms with Crippen molar-refractivity contribution in [2.24, 2.45) is 0 Å². The van der Waals surface area contributed by atoms with Gasteiger partial charge in [-0.2, -0.15) is 0 Å². The molecule has 0 saturated heterocycles. The quantitative estimate of drug-likeness (QED) is 0.433. The fourth-order valence-electron chi connectivity index (χ4n) is 3.10. The van der Waals surface area contributed by atoms with Crippen molar-refractivity contribution in [3.63, 3.8) is 0 Å². The molecule has 3 aromatic rings. The summed E-state index contributed by atoms with van der Waals surface area (Å²) in [6.45, 7) is 4.44. The largest absolute Gasteiger partial charge is 0.306 e. The highest BCUT2D eigenvalue weighted by Crippen LogP contribution is 2.27. The minimum atomic E-state index is -0.640. The Morgan fingerprint density at radius 1 is 1.15 bits per heavy atom. The maximum Gasteiger partial charge on any atom is 0.249 e. The zero-order valence-electron chi connectivity index (χ0n) is 19.6. The molecular weight excluding hydrogens is 453 g/mol. The van der Waals surface area contributed by atoms with Gasteiger partial charge >= 0.3 is 0 Å². The second-order valence-corrected chi connectivity index (χ2v) is 9.15. The SMILES string of the molecule is CCc1cnc(NC(=O)C(C)c2cccc(-c3cnc(NC(=O)/C=C/CN(C)C)c(F)c3)c2)s1. The zero-order chi connectivity index (χ0) is 24.7. The number of aryl methyl sites for hydroxylation is 1. The van der Waals surface area contributed by atoms with Crippen molar-refractivity contribution in [2.45, 2.75) is 26.2 Å². The summed E-state index contributed by atoms with van der Waals surface area (Å²) in [6, 6.07) is 8.64. The summed E-state index contributed by atoms with van der Waals surface area (Å²) in [7, 11) is 3.76. The maximum atomic E-state index is 14.6. The summed E-state index contributed by atoms with van der Waals surface area (Å²) in [5.41, 5.74) is 2.04. The molecule has 0 spiro atoms. The lowest BCUT2D eigenvalue weighted by Crippen LogP contribution is -2.18. The minimum Gasteiger partial charge on any atom is -0.306 e. The smallest absolute Gasteiger partial charge is 0.249 e. The molecule has 1 unspecified atom stereocenters. The highest BCUT2D eigenvalue weighted by atomic mass is 32.1. The van der Waals surface area contributed by atoms with Gasteiger partial charge in [-0.15, -0.1) is 11.3 Å². The molecular formula is C25H28FN5O2S. The number of benzene rings is 1. The molecule has 0 fully saturated rings. The first-order chi connectivity index (χ1) is 16.3. The number of thiazole rings is 1. The Labute approximate surface area is 202 Å². The molecule has 2 aromatic heterocycles. The first-order valence-electron chi connectivity index (χ1n) is 10.9. The van der Waals surface area contributed by atoms with E-state index in [4.69, 9.17) is 0 Å². The zero-order valence-corrected chi connectivity index (χ0v) is 20.4. The van der Waals surface area contributed by atoms with Crippen LogP contribution >= 0.6 is 11.3 Å². The Balaban J connectivity index is 1.70. The molecule has 34 heavy (non-hydrogen) atoms. The molecule has 0 saturated carbocycles. The second-order valence-electron chi connectivity index (χ2n) is 8.03. The second kappa shape index (κ2) is 11.6. The number of carbonyl (C=O) groups excluding carboxylic acids is 2. The number of hydrogen-bond acceptors (Lipinski definition) is 6. The van der Waals surface area contributed by atoms with Gasteiger partial charge in [0.05, 0.1) is 5.92 Å². The molecule has 0 bridgehead atoms. The van der Waals surface area contributed by atoms with E-state index < -0.39 is 17.6 Å². The standard InChI is InChI=1S/C25H28FN5O2S/c1-5-20-15-28-25(34-20)30-24(33)16(2)17-8-6-9-18(12-17)19-13-21(26)23(27-14-19)29-22(32)10-7-11-31(3)4/h6-10,12-16H,5,11H2,1-4H3,(H,27,29,32)(H,28,30,33)/b10-7+. The van der Waals surface area contributed by atoms with E-state index in [1.165, 1.54) is 29.7 Å². The lowest BCUT2D eigenvalue weighted by molar-refractivity contribution is -0.117. The number of likely N-dealkylation sites (N-methyl/N-ethyl adjacent to an activating group) is 1. The fourth-order valence-corrected chi connectivity index (χ4v) is 3.85. The number of pyridine rings is 1. The molecule has 0 aliphatic heterocycles. The summed E-state index contributed by atoms with van der Waals surface area (Å²) in [5.74, 6) is -1.83. The maximum absolute atomic E-state index is 14.6. The van der Waals surface area contributed by atoms with E-state index in [-0.39, 0.29) is 11.7 Å².